The van der Waals surface area contributed by atoms with Crippen molar-refractivity contribution < 1.29 is 28.9 Å². The zero-order chi connectivity index (χ0) is 22.7. The van der Waals surface area contributed by atoms with Gasteiger partial charge in [0.25, 0.3) is 0 Å². The van der Waals surface area contributed by atoms with E-state index < -0.39 is 43.0 Å². The number of nitrogens with zero attached hydrogens (tertiary/aromatic N) is 1. The number of amides is 1. The zero-order valence-corrected chi connectivity index (χ0v) is 20.9. The highest BCUT2D eigenvalue weighted by molar-refractivity contribution is 6.74. The third-order valence-electron chi connectivity index (χ3n) is 6.73. The number of ether oxygens (including phenoxy) is 2. The summed E-state index contributed by atoms with van der Waals surface area (Å²) >= 11 is 0. The van der Waals surface area contributed by atoms with E-state index in [9.17, 15) is 15.0 Å². The second-order valence-electron chi connectivity index (χ2n) is 11.7. The lowest BCUT2D eigenvalue weighted by molar-refractivity contribution is -0.124. The van der Waals surface area contributed by atoms with Gasteiger partial charge in [-0.1, -0.05) is 20.8 Å². The van der Waals surface area contributed by atoms with Gasteiger partial charge < -0.3 is 24.1 Å². The second kappa shape index (κ2) is 7.19. The quantitative estimate of drug-likeness (QED) is 0.663. The van der Waals surface area contributed by atoms with Gasteiger partial charge in [-0.15, -0.1) is 0 Å². The Kier molecular flexibility index (Phi) is 6.10. The predicted octanol–water partition coefficient (Wildman–Crippen LogP) is 3.64. The summed E-state index contributed by atoms with van der Waals surface area (Å²) in [7, 11) is -2.11. The van der Waals surface area contributed by atoms with Gasteiger partial charge in [-0.25, -0.2) is 4.79 Å². The summed E-state index contributed by atoms with van der Waals surface area (Å²) in [5, 5.41) is 22.6. The molecule has 0 radical (unpaired) electrons. The Bertz CT molecular complexity index is 638. The van der Waals surface area contributed by atoms with Crippen molar-refractivity contribution >= 4 is 14.4 Å². The van der Waals surface area contributed by atoms with Crippen LogP contribution >= 0.6 is 0 Å². The molecule has 2 N–H and O–H groups in total. The molecule has 0 aromatic heterocycles. The van der Waals surface area contributed by atoms with Crippen LogP contribution < -0.4 is 0 Å². The van der Waals surface area contributed by atoms with Gasteiger partial charge in [-0.05, 0) is 65.6 Å². The molecule has 1 amide bonds. The van der Waals surface area contributed by atoms with E-state index in [-0.39, 0.29) is 18.3 Å². The highest BCUT2D eigenvalue weighted by Crippen LogP contribution is 2.50. The molecule has 1 aliphatic heterocycles. The predicted molar refractivity (Wildman–Crippen MR) is 114 cm³/mol. The number of rotatable bonds is 3. The van der Waals surface area contributed by atoms with Crippen molar-refractivity contribution in [1.29, 1.82) is 0 Å². The first-order chi connectivity index (χ1) is 12.8. The van der Waals surface area contributed by atoms with Gasteiger partial charge in [0.2, 0.25) is 0 Å². The Balaban J connectivity index is 2.29. The number of aliphatic hydroxyl groups excluding tert-OH is 1. The van der Waals surface area contributed by atoms with E-state index >= 15 is 0 Å². The fourth-order valence-corrected chi connectivity index (χ4v) is 4.98. The molecule has 1 aliphatic carbocycles. The van der Waals surface area contributed by atoms with E-state index in [1.807, 2.05) is 0 Å². The summed E-state index contributed by atoms with van der Waals surface area (Å²) in [5.74, 6) is 0. The Morgan fingerprint density at radius 2 is 1.72 bits per heavy atom. The van der Waals surface area contributed by atoms with Crippen molar-refractivity contribution in [1.82, 2.24) is 4.90 Å². The SMILES string of the molecule is CC(C)(C)OC(=O)N1C(C)(C)OC[C@@]12CC[C@@](O)(CO[Si](C)(C)C(C)(C)C)[C@@H]2O. The summed E-state index contributed by atoms with van der Waals surface area (Å²) < 4.78 is 17.8. The van der Waals surface area contributed by atoms with Crippen LogP contribution in [0.25, 0.3) is 0 Å². The topological polar surface area (TPSA) is 88.5 Å². The maximum atomic E-state index is 13.0. The van der Waals surface area contributed by atoms with Gasteiger partial charge in [-0.3, -0.25) is 4.90 Å². The van der Waals surface area contributed by atoms with E-state index in [1.54, 1.807) is 34.6 Å². The molecule has 0 unspecified atom stereocenters. The van der Waals surface area contributed by atoms with E-state index in [0.717, 1.165) is 0 Å². The molecule has 2 rings (SSSR count). The summed E-state index contributed by atoms with van der Waals surface area (Å²) in [5.41, 5.74) is -4.12. The molecule has 29 heavy (non-hydrogen) atoms. The van der Waals surface area contributed by atoms with Crippen molar-refractivity contribution in [3.63, 3.8) is 0 Å². The van der Waals surface area contributed by atoms with Crippen LogP contribution in [0, 0.1) is 0 Å². The lowest BCUT2D eigenvalue weighted by atomic mass is 9.89. The van der Waals surface area contributed by atoms with Crippen molar-refractivity contribution in [3.05, 3.63) is 0 Å². The van der Waals surface area contributed by atoms with E-state index in [0.29, 0.717) is 12.8 Å². The molecule has 1 heterocycles. The molecule has 0 aromatic rings. The minimum atomic E-state index is -2.11. The highest BCUT2D eigenvalue weighted by atomic mass is 28.4. The first kappa shape index (κ1) is 24.6. The molecule has 3 atom stereocenters. The first-order valence-corrected chi connectivity index (χ1v) is 13.4. The molecule has 7 nitrogen and oxygen atoms in total. The smallest absolute Gasteiger partial charge is 0.413 e. The third-order valence-corrected chi connectivity index (χ3v) is 11.2. The number of aliphatic hydroxyl groups is 2. The molecular formula is C21H41NO6Si. The third kappa shape index (κ3) is 4.51. The fourth-order valence-electron chi connectivity index (χ4n) is 3.94. The molecule has 1 saturated carbocycles. The number of carbonyl (C=O) groups excluding carboxylic acids is 1. The van der Waals surface area contributed by atoms with Crippen molar-refractivity contribution in [2.45, 2.75) is 115 Å². The van der Waals surface area contributed by atoms with Crippen LogP contribution in [0.15, 0.2) is 0 Å². The number of carbonyl (C=O) groups is 1. The lowest BCUT2D eigenvalue weighted by Crippen LogP contribution is -2.64. The summed E-state index contributed by atoms with van der Waals surface area (Å²) in [4.78, 5) is 14.5. The summed E-state index contributed by atoms with van der Waals surface area (Å²) in [6.07, 6.45) is -1.02. The molecule has 0 aromatic carbocycles. The standard InChI is InChI=1S/C21H41NO6Si/c1-17(2,3)28-16(24)22-19(7,8)26-13-20(22)11-12-21(25,15(20)23)14-27-29(9,10)18(4,5)6/h15,23,25H,11-14H2,1-10H3/t15-,20-,21-/m1/s1. The first-order valence-electron chi connectivity index (χ1n) is 10.5. The molecule has 2 fully saturated rings. The van der Waals surface area contributed by atoms with Gasteiger partial charge in [0.1, 0.15) is 28.6 Å². The Hall–Kier alpha value is -0.673. The minimum Gasteiger partial charge on any atom is -0.444 e. The van der Waals surface area contributed by atoms with Gasteiger partial charge in [0.05, 0.1) is 13.2 Å². The molecule has 8 heteroatoms. The summed E-state index contributed by atoms with van der Waals surface area (Å²) in [6.45, 7) is 19.8. The molecule has 1 saturated heterocycles. The number of hydrogen-bond donors (Lipinski definition) is 2. The van der Waals surface area contributed by atoms with Crippen molar-refractivity contribution in [2.24, 2.45) is 0 Å². The van der Waals surface area contributed by atoms with Crippen LogP contribution in [0.5, 0.6) is 0 Å². The average molecular weight is 432 g/mol. The highest BCUT2D eigenvalue weighted by Gasteiger charge is 2.67. The van der Waals surface area contributed by atoms with Crippen LogP contribution in [0.3, 0.4) is 0 Å². The van der Waals surface area contributed by atoms with Crippen LogP contribution in [0.2, 0.25) is 18.1 Å². The monoisotopic (exact) mass is 431 g/mol. The molecular weight excluding hydrogens is 390 g/mol. The minimum absolute atomic E-state index is 0.00832. The number of hydrogen-bond acceptors (Lipinski definition) is 6. The van der Waals surface area contributed by atoms with Crippen LogP contribution in [0.1, 0.15) is 68.2 Å². The van der Waals surface area contributed by atoms with Crippen molar-refractivity contribution in [2.75, 3.05) is 13.2 Å². The van der Waals surface area contributed by atoms with E-state index in [1.165, 1.54) is 4.90 Å². The molecule has 0 bridgehead atoms. The Morgan fingerprint density at radius 3 is 2.21 bits per heavy atom. The van der Waals surface area contributed by atoms with Gasteiger partial charge in [0, 0.05) is 0 Å². The van der Waals surface area contributed by atoms with Crippen LogP contribution in [-0.2, 0) is 13.9 Å². The molecule has 2 aliphatic rings. The molecule has 170 valence electrons. The largest absolute Gasteiger partial charge is 0.444 e. The maximum Gasteiger partial charge on any atom is 0.413 e. The normalized spacial score (nSPS) is 32.8. The lowest BCUT2D eigenvalue weighted by Gasteiger charge is -2.44. The fraction of sp³-hybridized carbons (Fsp3) is 0.952. The average Bonchev–Trinajstić information content (AvgIpc) is 2.92. The van der Waals surface area contributed by atoms with Crippen molar-refractivity contribution in [3.8, 4) is 0 Å². The Labute approximate surface area is 176 Å². The van der Waals surface area contributed by atoms with Gasteiger partial charge >= 0.3 is 6.09 Å². The van der Waals surface area contributed by atoms with Gasteiger partial charge in [-0.2, -0.15) is 0 Å². The van der Waals surface area contributed by atoms with Crippen LogP contribution in [0.4, 0.5) is 4.79 Å². The van der Waals surface area contributed by atoms with E-state index in [4.69, 9.17) is 13.9 Å². The van der Waals surface area contributed by atoms with E-state index in [2.05, 4.69) is 33.9 Å². The second-order valence-corrected chi connectivity index (χ2v) is 16.5. The van der Waals surface area contributed by atoms with Crippen LogP contribution in [-0.4, -0.2) is 71.3 Å². The zero-order valence-electron chi connectivity index (χ0n) is 19.9. The Morgan fingerprint density at radius 1 is 1.17 bits per heavy atom. The van der Waals surface area contributed by atoms with Gasteiger partial charge in [0.15, 0.2) is 8.32 Å². The molecule has 1 spiro atoms. The summed E-state index contributed by atoms with van der Waals surface area (Å²) in [6, 6.07) is 0. The maximum absolute atomic E-state index is 13.0.